The van der Waals surface area contributed by atoms with Gasteiger partial charge in [-0.3, -0.25) is 4.79 Å². The van der Waals surface area contributed by atoms with Crippen molar-refractivity contribution in [1.29, 1.82) is 0 Å². The Hall–Kier alpha value is -2.66. The smallest absolute Gasteiger partial charge is 0.309 e. The molecule has 5 heteroatoms. The molecule has 1 N–H and O–H groups in total. The van der Waals surface area contributed by atoms with Gasteiger partial charge in [-0.05, 0) is 24.6 Å². The molecule has 1 aromatic heterocycles. The second-order valence-electron chi connectivity index (χ2n) is 5.47. The molecular formula is C19H17NO3S. The average Bonchev–Trinajstić information content (AvgIpc) is 3.02. The first-order valence-corrected chi connectivity index (χ1v) is 8.44. The molecule has 4 nitrogen and oxygen atoms in total. The monoisotopic (exact) mass is 339 g/mol. The fraction of sp³-hybridized carbons (Fsp3) is 0.158. The number of aliphatic carboxylic acids is 1. The zero-order chi connectivity index (χ0) is 16.9. The summed E-state index contributed by atoms with van der Waals surface area (Å²) >= 11 is 1.45. The van der Waals surface area contributed by atoms with Gasteiger partial charge in [-0.15, -0.1) is 11.3 Å². The van der Waals surface area contributed by atoms with E-state index in [9.17, 15) is 4.79 Å². The lowest BCUT2D eigenvalue weighted by Crippen LogP contribution is -2.00. The van der Waals surface area contributed by atoms with Gasteiger partial charge in [0.2, 0.25) is 0 Å². The highest BCUT2D eigenvalue weighted by Gasteiger charge is 2.11. The molecule has 3 aromatic rings. The van der Waals surface area contributed by atoms with Gasteiger partial charge in [0.05, 0.1) is 12.1 Å². The van der Waals surface area contributed by atoms with Gasteiger partial charge in [0.25, 0.3) is 0 Å². The fourth-order valence-electron chi connectivity index (χ4n) is 2.32. The zero-order valence-electron chi connectivity index (χ0n) is 13.2. The van der Waals surface area contributed by atoms with Crippen LogP contribution in [-0.4, -0.2) is 16.1 Å². The Morgan fingerprint density at radius 2 is 1.92 bits per heavy atom. The summed E-state index contributed by atoms with van der Waals surface area (Å²) < 4.78 is 5.86. The summed E-state index contributed by atoms with van der Waals surface area (Å²) in [4.78, 5) is 15.2. The molecule has 1 heterocycles. The molecule has 2 aromatic carbocycles. The first-order valence-electron chi connectivity index (χ1n) is 7.56. The van der Waals surface area contributed by atoms with E-state index in [0.29, 0.717) is 12.3 Å². The summed E-state index contributed by atoms with van der Waals surface area (Å²) in [6, 6.07) is 15.8. The fourth-order valence-corrected chi connectivity index (χ4v) is 3.20. The first-order chi connectivity index (χ1) is 11.6. The highest BCUT2D eigenvalue weighted by Crippen LogP contribution is 2.28. The molecular weight excluding hydrogens is 322 g/mol. The van der Waals surface area contributed by atoms with Gasteiger partial charge < -0.3 is 9.84 Å². The Morgan fingerprint density at radius 1 is 1.17 bits per heavy atom. The SMILES string of the molecule is Cc1ccc(OCc2ccccc2-c2nc(CC(=O)O)cs2)cc1. The van der Waals surface area contributed by atoms with E-state index in [-0.39, 0.29) is 6.42 Å². The number of carboxylic acids is 1. The summed E-state index contributed by atoms with van der Waals surface area (Å²) in [6.45, 7) is 2.48. The molecule has 3 rings (SSSR count). The van der Waals surface area contributed by atoms with Gasteiger partial charge in [0.15, 0.2) is 0 Å². The van der Waals surface area contributed by atoms with Gasteiger partial charge in [0, 0.05) is 10.9 Å². The van der Waals surface area contributed by atoms with Gasteiger partial charge >= 0.3 is 5.97 Å². The van der Waals surface area contributed by atoms with E-state index >= 15 is 0 Å². The van der Waals surface area contributed by atoms with Crippen molar-refractivity contribution in [2.24, 2.45) is 0 Å². The normalized spacial score (nSPS) is 10.5. The third kappa shape index (κ3) is 4.00. The van der Waals surface area contributed by atoms with Crippen molar-refractivity contribution < 1.29 is 14.6 Å². The Morgan fingerprint density at radius 3 is 2.67 bits per heavy atom. The molecule has 0 radical (unpaired) electrons. The number of hydrogen-bond acceptors (Lipinski definition) is 4. The number of carboxylic acid groups (broad SMARTS) is 1. The molecule has 0 fully saturated rings. The quantitative estimate of drug-likeness (QED) is 0.726. The summed E-state index contributed by atoms with van der Waals surface area (Å²) in [6.07, 6.45) is -0.0570. The predicted molar refractivity (Wildman–Crippen MR) is 94.4 cm³/mol. The largest absolute Gasteiger partial charge is 0.489 e. The topological polar surface area (TPSA) is 59.4 Å². The number of ether oxygens (including phenoxy) is 1. The molecule has 0 unspecified atom stereocenters. The summed E-state index contributed by atoms with van der Waals surface area (Å²) in [5, 5.41) is 11.5. The van der Waals surface area contributed by atoms with E-state index in [1.807, 2.05) is 55.5 Å². The first kappa shape index (κ1) is 16.2. The van der Waals surface area contributed by atoms with E-state index in [4.69, 9.17) is 9.84 Å². The van der Waals surface area contributed by atoms with Crippen molar-refractivity contribution in [3.05, 3.63) is 70.7 Å². The second-order valence-corrected chi connectivity index (χ2v) is 6.33. The maximum Gasteiger partial charge on any atom is 0.309 e. The molecule has 0 aliphatic heterocycles. The van der Waals surface area contributed by atoms with Crippen LogP contribution in [0.3, 0.4) is 0 Å². The molecule has 122 valence electrons. The number of aromatic nitrogens is 1. The van der Waals surface area contributed by atoms with Crippen LogP contribution in [-0.2, 0) is 17.8 Å². The molecule has 0 saturated carbocycles. The number of rotatable bonds is 6. The van der Waals surface area contributed by atoms with Crippen LogP contribution in [0.15, 0.2) is 53.9 Å². The van der Waals surface area contributed by atoms with Crippen molar-refractivity contribution in [3.63, 3.8) is 0 Å². The van der Waals surface area contributed by atoms with E-state index in [1.54, 1.807) is 5.38 Å². The maximum absolute atomic E-state index is 10.8. The van der Waals surface area contributed by atoms with E-state index in [2.05, 4.69) is 4.98 Å². The lowest BCUT2D eigenvalue weighted by Gasteiger charge is -2.10. The van der Waals surface area contributed by atoms with Crippen molar-refractivity contribution >= 4 is 17.3 Å². The van der Waals surface area contributed by atoms with Crippen LogP contribution >= 0.6 is 11.3 Å². The van der Waals surface area contributed by atoms with Crippen LogP contribution in [0.2, 0.25) is 0 Å². The molecule has 0 atom stereocenters. The maximum atomic E-state index is 10.8. The molecule has 24 heavy (non-hydrogen) atoms. The van der Waals surface area contributed by atoms with E-state index < -0.39 is 5.97 Å². The lowest BCUT2D eigenvalue weighted by atomic mass is 10.1. The molecule has 0 spiro atoms. The number of thiazole rings is 1. The standard InChI is InChI=1S/C19H17NO3S/c1-13-6-8-16(9-7-13)23-11-14-4-2-3-5-17(14)19-20-15(12-24-19)10-18(21)22/h2-9,12H,10-11H2,1H3,(H,21,22). The molecule has 0 amide bonds. The van der Waals surface area contributed by atoms with Crippen LogP contribution in [0, 0.1) is 6.92 Å². The summed E-state index contributed by atoms with van der Waals surface area (Å²) in [5.41, 5.74) is 3.77. The number of nitrogens with zero attached hydrogens (tertiary/aromatic N) is 1. The third-order valence-electron chi connectivity index (χ3n) is 3.55. The molecule has 0 saturated heterocycles. The van der Waals surface area contributed by atoms with Crippen molar-refractivity contribution in [1.82, 2.24) is 4.98 Å². The van der Waals surface area contributed by atoms with Gasteiger partial charge in [-0.2, -0.15) is 0 Å². The molecule has 0 aliphatic carbocycles. The second kappa shape index (κ2) is 7.27. The zero-order valence-corrected chi connectivity index (χ0v) is 14.0. The average molecular weight is 339 g/mol. The number of benzene rings is 2. The number of carbonyl (C=O) groups is 1. The number of aryl methyl sites for hydroxylation is 1. The van der Waals surface area contributed by atoms with Crippen molar-refractivity contribution in [2.75, 3.05) is 0 Å². The summed E-state index contributed by atoms with van der Waals surface area (Å²) in [7, 11) is 0. The van der Waals surface area contributed by atoms with Crippen LogP contribution in [0.4, 0.5) is 0 Å². The lowest BCUT2D eigenvalue weighted by molar-refractivity contribution is -0.136. The Kier molecular flexibility index (Phi) is 4.91. The minimum atomic E-state index is -0.872. The molecule has 0 bridgehead atoms. The van der Waals surface area contributed by atoms with Crippen molar-refractivity contribution in [2.45, 2.75) is 20.0 Å². The summed E-state index contributed by atoms with van der Waals surface area (Å²) in [5.74, 6) is -0.0519. The Bertz CT molecular complexity index is 840. The Labute approximate surface area is 144 Å². The van der Waals surface area contributed by atoms with Gasteiger partial charge in [-0.1, -0.05) is 42.0 Å². The highest BCUT2D eigenvalue weighted by atomic mass is 32.1. The third-order valence-corrected chi connectivity index (χ3v) is 4.47. The van der Waals surface area contributed by atoms with Crippen LogP contribution in [0.1, 0.15) is 16.8 Å². The van der Waals surface area contributed by atoms with Crippen LogP contribution in [0.5, 0.6) is 5.75 Å². The Balaban J connectivity index is 1.78. The minimum absolute atomic E-state index is 0.0570. The minimum Gasteiger partial charge on any atom is -0.489 e. The predicted octanol–water partition coefficient (Wildman–Crippen LogP) is 4.32. The van der Waals surface area contributed by atoms with Gasteiger partial charge in [-0.25, -0.2) is 4.98 Å². The molecule has 0 aliphatic rings. The van der Waals surface area contributed by atoms with Crippen LogP contribution in [0.25, 0.3) is 10.6 Å². The number of hydrogen-bond donors (Lipinski definition) is 1. The van der Waals surface area contributed by atoms with Gasteiger partial charge in [0.1, 0.15) is 17.4 Å². The highest BCUT2D eigenvalue weighted by molar-refractivity contribution is 7.13. The van der Waals surface area contributed by atoms with Crippen LogP contribution < -0.4 is 4.74 Å². The van der Waals surface area contributed by atoms with E-state index in [1.165, 1.54) is 16.9 Å². The van der Waals surface area contributed by atoms with E-state index in [0.717, 1.165) is 21.9 Å². The van der Waals surface area contributed by atoms with Crippen molar-refractivity contribution in [3.8, 4) is 16.3 Å².